The predicted molar refractivity (Wildman–Crippen MR) is 55.1 cm³/mol. The predicted octanol–water partition coefficient (Wildman–Crippen LogP) is -2.07. The van der Waals surface area contributed by atoms with E-state index in [2.05, 4.69) is 5.32 Å². The van der Waals surface area contributed by atoms with E-state index < -0.39 is 28.3 Å². The zero-order valence-electron chi connectivity index (χ0n) is 10.2. The summed E-state index contributed by atoms with van der Waals surface area (Å²) in [7, 11) is 0. The summed E-state index contributed by atoms with van der Waals surface area (Å²) in [6.07, 6.45) is 0.839. The van der Waals surface area contributed by atoms with Crippen molar-refractivity contribution in [1.29, 1.82) is 0 Å². The van der Waals surface area contributed by atoms with Crippen LogP contribution in [-0.4, -0.2) is 31.7 Å². The number of ether oxygens (including phenoxy) is 1. The first-order valence-corrected chi connectivity index (χ1v) is 6.04. The van der Waals surface area contributed by atoms with E-state index >= 15 is 0 Å². The Balaban J connectivity index is 0.00000225. The van der Waals surface area contributed by atoms with Crippen molar-refractivity contribution in [1.82, 2.24) is 5.32 Å². The fraction of sp³-hybridized carbons (Fsp3) is 0.889. The van der Waals surface area contributed by atoms with E-state index in [1.165, 1.54) is 0 Å². The van der Waals surface area contributed by atoms with Crippen molar-refractivity contribution < 1.29 is 47.9 Å². The van der Waals surface area contributed by atoms with Crippen molar-refractivity contribution in [2.45, 2.75) is 44.8 Å². The number of carbonyl (C=O) groups is 1. The fourth-order valence-corrected chi connectivity index (χ4v) is 2.01. The number of rotatable bonds is 3. The van der Waals surface area contributed by atoms with Crippen molar-refractivity contribution in [3.05, 3.63) is 0 Å². The third-order valence-corrected chi connectivity index (χ3v) is 2.80. The van der Waals surface area contributed by atoms with Gasteiger partial charge >= 0.3 is 35.7 Å². The molecule has 16 heavy (non-hydrogen) atoms. The SMILES string of the molecule is CC(C)(C)OC(=O)NC1(CS(=O)[O-])CC1.[Na+]. The van der Waals surface area contributed by atoms with Crippen LogP contribution in [-0.2, 0) is 15.8 Å². The van der Waals surface area contributed by atoms with Crippen LogP contribution in [0.4, 0.5) is 4.79 Å². The second-order valence-electron chi connectivity index (χ2n) is 4.86. The first-order chi connectivity index (χ1) is 6.72. The molecule has 0 aromatic heterocycles. The number of nitrogens with one attached hydrogen (secondary N) is 1. The summed E-state index contributed by atoms with van der Waals surface area (Å²) >= 11 is -2.13. The van der Waals surface area contributed by atoms with Gasteiger partial charge in [-0.25, -0.2) is 4.79 Å². The van der Waals surface area contributed by atoms with Crippen LogP contribution in [0.1, 0.15) is 33.6 Å². The van der Waals surface area contributed by atoms with Gasteiger partial charge in [-0.05, 0) is 33.6 Å². The molecular formula is C9H16NNaO4S. The molecule has 7 heteroatoms. The van der Waals surface area contributed by atoms with Crippen molar-refractivity contribution in [2.24, 2.45) is 0 Å². The van der Waals surface area contributed by atoms with E-state index in [0.29, 0.717) is 12.8 Å². The summed E-state index contributed by atoms with van der Waals surface area (Å²) < 4.78 is 26.1. The van der Waals surface area contributed by atoms with E-state index in [1.54, 1.807) is 20.8 Å². The van der Waals surface area contributed by atoms with Crippen LogP contribution in [0.2, 0.25) is 0 Å². The van der Waals surface area contributed by atoms with E-state index in [0.717, 1.165) is 0 Å². The summed E-state index contributed by atoms with van der Waals surface area (Å²) in [5, 5.41) is 2.60. The molecule has 0 aromatic rings. The standard InChI is InChI=1S/C9H17NO4S.Na/c1-8(2,3)14-7(11)10-9(4-5-9)6-15(12)13;/h4-6H2,1-3H3,(H,10,11)(H,12,13);/q;+1/p-1. The summed E-state index contributed by atoms with van der Waals surface area (Å²) in [5.41, 5.74) is -1.13. The molecule has 1 amide bonds. The number of amides is 1. The molecule has 1 atom stereocenters. The van der Waals surface area contributed by atoms with E-state index in [9.17, 15) is 13.6 Å². The zero-order chi connectivity index (χ0) is 11.7. The van der Waals surface area contributed by atoms with Crippen LogP contribution in [0.3, 0.4) is 0 Å². The van der Waals surface area contributed by atoms with Gasteiger partial charge in [-0.15, -0.1) is 0 Å². The third kappa shape index (κ3) is 6.20. The Morgan fingerprint density at radius 3 is 2.31 bits per heavy atom. The maximum Gasteiger partial charge on any atom is 1.00 e. The summed E-state index contributed by atoms with van der Waals surface area (Å²) in [4.78, 5) is 11.4. The van der Waals surface area contributed by atoms with Crippen molar-refractivity contribution in [3.8, 4) is 0 Å². The van der Waals surface area contributed by atoms with E-state index in [-0.39, 0.29) is 35.3 Å². The molecule has 0 bridgehead atoms. The zero-order valence-corrected chi connectivity index (χ0v) is 13.0. The second kappa shape index (κ2) is 5.82. The van der Waals surface area contributed by atoms with Crippen molar-refractivity contribution in [2.75, 3.05) is 5.75 Å². The third-order valence-electron chi connectivity index (χ3n) is 2.01. The van der Waals surface area contributed by atoms with Gasteiger partial charge in [0.05, 0.1) is 5.54 Å². The van der Waals surface area contributed by atoms with Crippen LogP contribution in [0.5, 0.6) is 0 Å². The monoisotopic (exact) mass is 257 g/mol. The topological polar surface area (TPSA) is 78.5 Å². The minimum absolute atomic E-state index is 0. The summed E-state index contributed by atoms with van der Waals surface area (Å²) in [6.45, 7) is 5.29. The van der Waals surface area contributed by atoms with E-state index in [4.69, 9.17) is 4.74 Å². The van der Waals surface area contributed by atoms with Crippen LogP contribution in [0.25, 0.3) is 0 Å². The first kappa shape index (κ1) is 16.4. The maximum atomic E-state index is 11.4. The molecule has 0 heterocycles. The number of carbonyl (C=O) groups excluding carboxylic acids is 1. The van der Waals surface area contributed by atoms with Gasteiger partial charge in [-0.1, -0.05) is 11.1 Å². The van der Waals surface area contributed by atoms with Gasteiger partial charge in [-0.3, -0.25) is 4.21 Å². The molecule has 1 aliphatic carbocycles. The van der Waals surface area contributed by atoms with Gasteiger partial charge in [0.1, 0.15) is 5.60 Å². The van der Waals surface area contributed by atoms with Crippen LogP contribution < -0.4 is 34.9 Å². The summed E-state index contributed by atoms with van der Waals surface area (Å²) in [6, 6.07) is 0. The normalized spacial score (nSPS) is 19.2. The van der Waals surface area contributed by atoms with Gasteiger partial charge < -0.3 is 14.6 Å². The molecule has 88 valence electrons. The molecule has 0 saturated heterocycles. The minimum atomic E-state index is -2.13. The molecular weight excluding hydrogens is 241 g/mol. The molecule has 0 radical (unpaired) electrons. The van der Waals surface area contributed by atoms with Crippen molar-refractivity contribution in [3.63, 3.8) is 0 Å². The average molecular weight is 257 g/mol. The molecule has 0 aliphatic heterocycles. The Labute approximate surface area is 120 Å². The second-order valence-corrected chi connectivity index (χ2v) is 5.75. The Morgan fingerprint density at radius 1 is 1.50 bits per heavy atom. The smallest absolute Gasteiger partial charge is 0.772 e. The first-order valence-electron chi connectivity index (χ1n) is 4.80. The molecule has 0 spiro atoms. The van der Waals surface area contributed by atoms with Crippen LogP contribution >= 0.6 is 0 Å². The largest absolute Gasteiger partial charge is 1.00 e. The van der Waals surface area contributed by atoms with Gasteiger partial charge in [0.15, 0.2) is 0 Å². The molecule has 1 unspecified atom stereocenters. The van der Waals surface area contributed by atoms with Gasteiger partial charge in [0.2, 0.25) is 0 Å². The molecule has 0 aromatic carbocycles. The minimum Gasteiger partial charge on any atom is -0.772 e. The molecule has 1 N–H and O–H groups in total. The van der Waals surface area contributed by atoms with E-state index in [1.807, 2.05) is 0 Å². The van der Waals surface area contributed by atoms with Crippen LogP contribution in [0, 0.1) is 0 Å². The molecule has 5 nitrogen and oxygen atoms in total. The van der Waals surface area contributed by atoms with Gasteiger partial charge in [-0.2, -0.15) is 0 Å². The Bertz CT molecular complexity index is 286. The molecule has 1 aliphatic rings. The quantitative estimate of drug-likeness (QED) is 0.465. The molecule has 1 fully saturated rings. The Hall–Kier alpha value is 0.380. The number of hydrogen-bond donors (Lipinski definition) is 1. The maximum absolute atomic E-state index is 11.4. The van der Waals surface area contributed by atoms with Gasteiger partial charge in [0.25, 0.3) is 0 Å². The number of hydrogen-bond acceptors (Lipinski definition) is 4. The molecule has 1 saturated carbocycles. The van der Waals surface area contributed by atoms with Crippen LogP contribution in [0.15, 0.2) is 0 Å². The Morgan fingerprint density at radius 2 is 2.00 bits per heavy atom. The summed E-state index contributed by atoms with van der Waals surface area (Å²) in [5.74, 6) is -0.0355. The number of alkyl carbamates (subject to hydrolysis) is 1. The van der Waals surface area contributed by atoms with Crippen molar-refractivity contribution >= 4 is 17.2 Å². The average Bonchev–Trinajstić information content (AvgIpc) is 2.61. The molecule has 1 rings (SSSR count). The Kier molecular flexibility index (Phi) is 5.96. The fourth-order valence-electron chi connectivity index (χ4n) is 1.20. The van der Waals surface area contributed by atoms with Gasteiger partial charge in [0, 0.05) is 5.75 Å².